The molecule has 1 aliphatic heterocycles. The van der Waals surface area contributed by atoms with Gasteiger partial charge in [0, 0.05) is 0 Å². The highest BCUT2D eigenvalue weighted by molar-refractivity contribution is 6.33. The Morgan fingerprint density at radius 3 is 2.93 bits per heavy atom. The van der Waals surface area contributed by atoms with Crippen molar-refractivity contribution in [3.8, 4) is 5.75 Å². The summed E-state index contributed by atoms with van der Waals surface area (Å²) in [6.07, 6.45) is 0.409. The van der Waals surface area contributed by atoms with Crippen molar-refractivity contribution in [2.75, 3.05) is 6.61 Å². The maximum Gasteiger partial charge on any atom is 0.553 e. The van der Waals surface area contributed by atoms with E-state index in [0.717, 1.165) is 0 Å². The number of hydrogen-bond acceptors (Lipinski definition) is 4. The monoisotopic (exact) mass is 231 g/mol. The van der Waals surface area contributed by atoms with E-state index in [0.29, 0.717) is 29.2 Å². The Labute approximate surface area is 89.8 Å². The molecule has 0 aromatic carbocycles. The minimum atomic E-state index is -0.667. The molecule has 15 heavy (non-hydrogen) atoms. The van der Waals surface area contributed by atoms with Crippen LogP contribution in [-0.2, 0) is 6.42 Å². The SMILES string of the molecule is Cc1c(Cl)c2c([n+](O)c1[N+](=O)[O-])CCO2. The molecule has 1 aromatic rings. The Hall–Kier alpha value is -1.56. The summed E-state index contributed by atoms with van der Waals surface area (Å²) < 4.78 is 5.74. The van der Waals surface area contributed by atoms with Crippen LogP contribution < -0.4 is 9.47 Å². The van der Waals surface area contributed by atoms with E-state index in [9.17, 15) is 15.3 Å². The van der Waals surface area contributed by atoms with Gasteiger partial charge in [0.15, 0.2) is 0 Å². The fourth-order valence-electron chi connectivity index (χ4n) is 1.61. The Morgan fingerprint density at radius 2 is 2.33 bits per heavy atom. The summed E-state index contributed by atoms with van der Waals surface area (Å²) in [5, 5.41) is 20.5. The van der Waals surface area contributed by atoms with Gasteiger partial charge in [0.25, 0.3) is 5.69 Å². The van der Waals surface area contributed by atoms with Gasteiger partial charge in [0.1, 0.15) is 15.5 Å². The van der Waals surface area contributed by atoms with Crippen molar-refractivity contribution < 1.29 is 19.6 Å². The highest BCUT2D eigenvalue weighted by Crippen LogP contribution is 2.36. The smallest absolute Gasteiger partial charge is 0.485 e. The van der Waals surface area contributed by atoms with Gasteiger partial charge in [-0.3, -0.25) is 15.3 Å². The van der Waals surface area contributed by atoms with Gasteiger partial charge in [-0.2, -0.15) is 0 Å². The van der Waals surface area contributed by atoms with Crippen LogP contribution in [0.15, 0.2) is 0 Å². The molecule has 0 spiro atoms. The molecule has 1 aromatic heterocycles. The van der Waals surface area contributed by atoms with E-state index in [1.807, 2.05) is 0 Å². The Morgan fingerprint density at radius 1 is 1.67 bits per heavy atom. The fourth-order valence-corrected chi connectivity index (χ4v) is 1.86. The zero-order chi connectivity index (χ0) is 11.2. The highest BCUT2D eigenvalue weighted by atomic mass is 35.5. The average Bonchev–Trinajstić information content (AvgIpc) is 2.62. The second-order valence-electron chi connectivity index (χ2n) is 3.21. The molecule has 0 unspecified atom stereocenters. The lowest BCUT2D eigenvalue weighted by Gasteiger charge is -2.01. The summed E-state index contributed by atoms with van der Waals surface area (Å²) in [7, 11) is 0. The van der Waals surface area contributed by atoms with Crippen LogP contribution in [-0.4, -0.2) is 16.7 Å². The largest absolute Gasteiger partial charge is 0.553 e. The van der Waals surface area contributed by atoms with E-state index >= 15 is 0 Å². The predicted octanol–water partition coefficient (Wildman–Crippen LogP) is 1.02. The van der Waals surface area contributed by atoms with Crippen molar-refractivity contribution in [1.82, 2.24) is 0 Å². The normalized spacial score (nSPS) is 13.5. The van der Waals surface area contributed by atoms with Gasteiger partial charge in [0.05, 0.1) is 17.8 Å². The van der Waals surface area contributed by atoms with Gasteiger partial charge in [-0.15, -0.1) is 0 Å². The molecule has 0 saturated heterocycles. The maximum absolute atomic E-state index is 10.7. The zero-order valence-corrected chi connectivity index (χ0v) is 8.61. The van der Waals surface area contributed by atoms with Crippen molar-refractivity contribution >= 4 is 17.4 Å². The van der Waals surface area contributed by atoms with Crippen LogP contribution in [0.1, 0.15) is 11.3 Å². The lowest BCUT2D eigenvalue weighted by Crippen LogP contribution is -2.38. The van der Waals surface area contributed by atoms with E-state index in [4.69, 9.17) is 16.3 Å². The number of pyridine rings is 1. The lowest BCUT2D eigenvalue weighted by molar-refractivity contribution is -0.924. The number of rotatable bonds is 1. The summed E-state index contributed by atoms with van der Waals surface area (Å²) in [6.45, 7) is 1.84. The lowest BCUT2D eigenvalue weighted by atomic mass is 10.2. The summed E-state index contributed by atoms with van der Waals surface area (Å²) in [6, 6.07) is 0. The van der Waals surface area contributed by atoms with Gasteiger partial charge in [0.2, 0.25) is 5.75 Å². The molecular weight excluding hydrogens is 224 g/mol. The van der Waals surface area contributed by atoms with Crippen LogP contribution >= 0.6 is 11.6 Å². The van der Waals surface area contributed by atoms with Crippen molar-refractivity contribution in [2.45, 2.75) is 13.3 Å². The summed E-state index contributed by atoms with van der Waals surface area (Å²) in [4.78, 5) is 10.1. The van der Waals surface area contributed by atoms with Gasteiger partial charge in [-0.25, -0.2) is 0 Å². The number of nitro groups is 1. The molecule has 6 nitrogen and oxygen atoms in total. The first-order valence-electron chi connectivity index (χ1n) is 4.27. The van der Waals surface area contributed by atoms with E-state index in [-0.39, 0.29) is 10.6 Å². The van der Waals surface area contributed by atoms with Crippen LogP contribution in [0.2, 0.25) is 5.02 Å². The van der Waals surface area contributed by atoms with E-state index in [1.54, 1.807) is 0 Å². The van der Waals surface area contributed by atoms with Crippen LogP contribution in [0, 0.1) is 17.0 Å². The number of nitrogens with zero attached hydrogens (tertiary/aromatic N) is 2. The quantitative estimate of drug-likeness (QED) is 0.339. The molecule has 7 heteroatoms. The molecule has 1 aliphatic rings. The van der Waals surface area contributed by atoms with Crippen molar-refractivity contribution in [3.05, 3.63) is 26.4 Å². The predicted molar refractivity (Wildman–Crippen MR) is 49.4 cm³/mol. The molecule has 0 saturated carbocycles. The third-order valence-electron chi connectivity index (χ3n) is 2.34. The first-order valence-corrected chi connectivity index (χ1v) is 4.65. The molecule has 2 heterocycles. The highest BCUT2D eigenvalue weighted by Gasteiger charge is 2.40. The molecule has 0 radical (unpaired) electrons. The van der Waals surface area contributed by atoms with Gasteiger partial charge >= 0.3 is 5.82 Å². The molecule has 80 valence electrons. The molecule has 0 fully saturated rings. The Kier molecular flexibility index (Phi) is 2.15. The van der Waals surface area contributed by atoms with Crippen LogP contribution in [0.3, 0.4) is 0 Å². The molecule has 0 atom stereocenters. The van der Waals surface area contributed by atoms with Gasteiger partial charge in [-0.1, -0.05) is 11.6 Å². The summed E-state index contributed by atoms with van der Waals surface area (Å²) in [5.74, 6) is -0.0773. The molecule has 1 N–H and O–H groups in total. The maximum atomic E-state index is 10.7. The zero-order valence-electron chi connectivity index (χ0n) is 7.86. The fraction of sp³-hybridized carbons (Fsp3) is 0.375. The van der Waals surface area contributed by atoms with Gasteiger partial charge < -0.3 is 4.74 Å². The van der Waals surface area contributed by atoms with Gasteiger partial charge in [-0.05, 0) is 6.92 Å². The number of hydrogen-bond donors (Lipinski definition) is 1. The van der Waals surface area contributed by atoms with Crippen molar-refractivity contribution in [1.29, 1.82) is 0 Å². The van der Waals surface area contributed by atoms with Crippen molar-refractivity contribution in [2.24, 2.45) is 0 Å². The van der Waals surface area contributed by atoms with Crippen LogP contribution in [0.25, 0.3) is 0 Å². The van der Waals surface area contributed by atoms with Crippen molar-refractivity contribution in [3.63, 3.8) is 0 Å². The third-order valence-corrected chi connectivity index (χ3v) is 2.80. The van der Waals surface area contributed by atoms with E-state index in [2.05, 4.69) is 0 Å². The molecular formula is C8H8ClN2O4+. The first kappa shape index (κ1) is 9.97. The first-order chi connectivity index (χ1) is 7.04. The molecule has 0 amide bonds. The van der Waals surface area contributed by atoms with Crippen LogP contribution in [0.4, 0.5) is 5.82 Å². The van der Waals surface area contributed by atoms with Crippen LogP contribution in [0.5, 0.6) is 5.75 Å². The Bertz CT molecular complexity index is 461. The summed E-state index contributed by atoms with van der Waals surface area (Å²) in [5.41, 5.74) is 0.544. The Balaban J connectivity index is 2.79. The topological polar surface area (TPSA) is 76.5 Å². The second-order valence-corrected chi connectivity index (χ2v) is 3.58. The number of ether oxygens (including phenoxy) is 1. The number of halogens is 1. The standard InChI is InChI=1S/C8H8ClN2O4/c1-4-6(9)7-5(2-3-15-7)10(12)8(4)11(13)14/h12H,2-3H2,1H3/q+1. The molecule has 2 rings (SSSR count). The molecule has 0 aliphatic carbocycles. The molecule has 0 bridgehead atoms. The third kappa shape index (κ3) is 1.29. The minimum Gasteiger partial charge on any atom is -0.485 e. The minimum absolute atomic E-state index is 0.194. The number of aromatic nitrogens is 1. The average molecular weight is 232 g/mol. The van der Waals surface area contributed by atoms with E-state index in [1.165, 1.54) is 6.92 Å². The number of fused-ring (bicyclic) bond motifs is 1. The summed E-state index contributed by atoms with van der Waals surface area (Å²) >= 11 is 5.91. The van der Waals surface area contributed by atoms with E-state index < -0.39 is 10.7 Å². The second kappa shape index (κ2) is 3.23.